The summed E-state index contributed by atoms with van der Waals surface area (Å²) in [6.07, 6.45) is 7.64. The molecular formula is C18H24N4O2. The fourth-order valence-corrected chi connectivity index (χ4v) is 3.90. The lowest BCUT2D eigenvalue weighted by Crippen LogP contribution is -2.41. The van der Waals surface area contributed by atoms with Gasteiger partial charge in [-0.25, -0.2) is 0 Å². The predicted octanol–water partition coefficient (Wildman–Crippen LogP) is 3.53. The minimum absolute atomic E-state index is 0.0384. The summed E-state index contributed by atoms with van der Waals surface area (Å²) < 4.78 is 0. The summed E-state index contributed by atoms with van der Waals surface area (Å²) in [6, 6.07) is 6.85. The number of nitro benzene ring substituents is 1. The molecule has 6 heteroatoms. The predicted molar refractivity (Wildman–Crippen MR) is 92.9 cm³/mol. The Labute approximate surface area is 142 Å². The maximum Gasteiger partial charge on any atom is 0.270 e. The van der Waals surface area contributed by atoms with Crippen molar-refractivity contribution in [3.05, 3.63) is 33.9 Å². The van der Waals surface area contributed by atoms with E-state index in [0.717, 1.165) is 31.8 Å². The van der Waals surface area contributed by atoms with E-state index < -0.39 is 4.92 Å². The molecule has 1 aliphatic carbocycles. The second-order valence-corrected chi connectivity index (χ2v) is 6.97. The van der Waals surface area contributed by atoms with Crippen molar-refractivity contribution in [2.24, 2.45) is 5.92 Å². The van der Waals surface area contributed by atoms with Crippen molar-refractivity contribution in [1.29, 1.82) is 5.26 Å². The lowest BCUT2D eigenvalue weighted by molar-refractivity contribution is -0.384. The van der Waals surface area contributed by atoms with E-state index in [1.165, 1.54) is 44.4 Å². The molecule has 0 amide bonds. The molecule has 1 aromatic carbocycles. The average molecular weight is 328 g/mol. The molecule has 0 aromatic heterocycles. The zero-order valence-corrected chi connectivity index (χ0v) is 13.9. The Kier molecular flexibility index (Phi) is 5.31. The molecule has 1 N–H and O–H groups in total. The molecule has 24 heavy (non-hydrogen) atoms. The summed E-state index contributed by atoms with van der Waals surface area (Å²) in [5, 5.41) is 23.5. The number of piperidine rings is 1. The summed E-state index contributed by atoms with van der Waals surface area (Å²) in [5.41, 5.74) is 1.01. The van der Waals surface area contributed by atoms with Crippen molar-refractivity contribution in [3.8, 4) is 6.07 Å². The second-order valence-electron chi connectivity index (χ2n) is 6.97. The monoisotopic (exact) mass is 328 g/mol. The van der Waals surface area contributed by atoms with E-state index >= 15 is 0 Å². The first-order valence-corrected chi connectivity index (χ1v) is 8.83. The summed E-state index contributed by atoms with van der Waals surface area (Å²) in [4.78, 5) is 12.9. The lowest BCUT2D eigenvalue weighted by atomic mass is 10.0. The highest BCUT2D eigenvalue weighted by Gasteiger charge is 2.24. The number of rotatable bonds is 5. The molecule has 1 saturated carbocycles. The Bertz CT molecular complexity index is 626. The van der Waals surface area contributed by atoms with Crippen LogP contribution in [0.4, 0.5) is 11.4 Å². The van der Waals surface area contributed by atoms with Gasteiger partial charge in [-0.3, -0.25) is 10.1 Å². The van der Waals surface area contributed by atoms with Gasteiger partial charge in [0, 0.05) is 37.8 Å². The van der Waals surface area contributed by atoms with Gasteiger partial charge in [-0.1, -0.05) is 12.8 Å². The van der Waals surface area contributed by atoms with Crippen LogP contribution in [0.3, 0.4) is 0 Å². The number of likely N-dealkylation sites (tertiary alicyclic amines) is 1. The Morgan fingerprint density at radius 3 is 2.58 bits per heavy atom. The molecule has 0 radical (unpaired) electrons. The fourth-order valence-electron chi connectivity index (χ4n) is 3.90. The third-order valence-corrected chi connectivity index (χ3v) is 5.27. The van der Waals surface area contributed by atoms with Gasteiger partial charge in [0.1, 0.15) is 6.07 Å². The van der Waals surface area contributed by atoms with Crippen molar-refractivity contribution in [1.82, 2.24) is 4.90 Å². The molecule has 1 aliphatic heterocycles. The van der Waals surface area contributed by atoms with Gasteiger partial charge in [0.2, 0.25) is 0 Å². The van der Waals surface area contributed by atoms with Crippen LogP contribution in [0.1, 0.15) is 44.1 Å². The summed E-state index contributed by atoms with van der Waals surface area (Å²) in [7, 11) is 0. The SMILES string of the molecule is N#Cc1cc([N+](=O)[O-])ccc1NC1CCN(CC2CCCC2)CC1. The van der Waals surface area contributed by atoms with E-state index in [4.69, 9.17) is 0 Å². The van der Waals surface area contributed by atoms with Crippen LogP contribution in [-0.2, 0) is 0 Å². The van der Waals surface area contributed by atoms with Crippen LogP contribution in [-0.4, -0.2) is 35.5 Å². The molecule has 3 rings (SSSR count). The smallest absolute Gasteiger partial charge is 0.270 e. The molecular weight excluding hydrogens is 304 g/mol. The molecule has 2 aliphatic rings. The van der Waals surface area contributed by atoms with E-state index in [2.05, 4.69) is 16.3 Å². The third kappa shape index (κ3) is 4.04. The maximum absolute atomic E-state index is 10.8. The van der Waals surface area contributed by atoms with Crippen molar-refractivity contribution >= 4 is 11.4 Å². The van der Waals surface area contributed by atoms with Gasteiger partial charge in [-0.2, -0.15) is 5.26 Å². The molecule has 0 unspecified atom stereocenters. The highest BCUT2D eigenvalue weighted by atomic mass is 16.6. The van der Waals surface area contributed by atoms with E-state index in [1.807, 2.05) is 0 Å². The third-order valence-electron chi connectivity index (χ3n) is 5.27. The van der Waals surface area contributed by atoms with Crippen LogP contribution in [0.2, 0.25) is 0 Å². The summed E-state index contributed by atoms with van der Waals surface area (Å²) >= 11 is 0. The summed E-state index contributed by atoms with van der Waals surface area (Å²) in [6.45, 7) is 3.40. The van der Waals surface area contributed by atoms with Crippen LogP contribution >= 0.6 is 0 Å². The topological polar surface area (TPSA) is 82.2 Å². The number of nitro groups is 1. The first kappa shape index (κ1) is 16.7. The van der Waals surface area contributed by atoms with Crippen LogP contribution in [0, 0.1) is 27.4 Å². The van der Waals surface area contributed by atoms with E-state index in [9.17, 15) is 15.4 Å². The Morgan fingerprint density at radius 2 is 1.96 bits per heavy atom. The molecule has 128 valence electrons. The number of nitrogens with zero attached hydrogens (tertiary/aromatic N) is 3. The van der Waals surface area contributed by atoms with Crippen molar-refractivity contribution in [3.63, 3.8) is 0 Å². The normalized spacial score (nSPS) is 20.0. The maximum atomic E-state index is 10.8. The zero-order valence-electron chi connectivity index (χ0n) is 13.9. The number of hydrogen-bond donors (Lipinski definition) is 1. The van der Waals surface area contributed by atoms with Gasteiger partial charge in [-0.05, 0) is 37.7 Å². The van der Waals surface area contributed by atoms with Gasteiger partial charge in [0.25, 0.3) is 5.69 Å². The highest BCUT2D eigenvalue weighted by molar-refractivity contribution is 5.61. The molecule has 0 bridgehead atoms. The van der Waals surface area contributed by atoms with Crippen LogP contribution < -0.4 is 5.32 Å². The first-order chi connectivity index (χ1) is 11.7. The minimum atomic E-state index is -0.466. The van der Waals surface area contributed by atoms with Gasteiger partial charge in [-0.15, -0.1) is 0 Å². The van der Waals surface area contributed by atoms with Gasteiger partial charge in [0.15, 0.2) is 0 Å². The Hall–Kier alpha value is -2.13. The molecule has 0 atom stereocenters. The van der Waals surface area contributed by atoms with Gasteiger partial charge in [0.05, 0.1) is 16.2 Å². The summed E-state index contributed by atoms with van der Waals surface area (Å²) in [5.74, 6) is 0.884. The standard InChI is InChI=1S/C18H24N4O2/c19-12-15-11-17(22(23)24)5-6-18(15)20-16-7-9-21(10-8-16)13-14-3-1-2-4-14/h5-6,11,14,16,20H,1-4,7-10,13H2. The number of nitriles is 1. The van der Waals surface area contributed by atoms with Crippen LogP contribution in [0.5, 0.6) is 0 Å². The quantitative estimate of drug-likeness (QED) is 0.660. The molecule has 6 nitrogen and oxygen atoms in total. The number of benzene rings is 1. The zero-order chi connectivity index (χ0) is 16.9. The van der Waals surface area contributed by atoms with Crippen molar-refractivity contribution < 1.29 is 4.92 Å². The van der Waals surface area contributed by atoms with Crippen molar-refractivity contribution in [2.45, 2.75) is 44.6 Å². The molecule has 1 aromatic rings. The van der Waals surface area contributed by atoms with E-state index in [1.54, 1.807) is 6.07 Å². The fraction of sp³-hybridized carbons (Fsp3) is 0.611. The minimum Gasteiger partial charge on any atom is -0.381 e. The van der Waals surface area contributed by atoms with Crippen LogP contribution in [0.25, 0.3) is 0 Å². The molecule has 1 saturated heterocycles. The number of nitrogens with one attached hydrogen (secondary N) is 1. The largest absolute Gasteiger partial charge is 0.381 e. The average Bonchev–Trinajstić information content (AvgIpc) is 3.10. The van der Waals surface area contributed by atoms with Gasteiger partial charge >= 0.3 is 0 Å². The molecule has 1 heterocycles. The lowest BCUT2D eigenvalue weighted by Gasteiger charge is -2.34. The second kappa shape index (κ2) is 7.63. The van der Waals surface area contributed by atoms with E-state index in [0.29, 0.717) is 17.3 Å². The highest BCUT2D eigenvalue weighted by Crippen LogP contribution is 2.28. The molecule has 0 spiro atoms. The van der Waals surface area contributed by atoms with Crippen molar-refractivity contribution in [2.75, 3.05) is 25.0 Å². The number of non-ortho nitro benzene ring substituents is 1. The Balaban J connectivity index is 1.54. The number of anilines is 1. The van der Waals surface area contributed by atoms with Crippen LogP contribution in [0.15, 0.2) is 18.2 Å². The Morgan fingerprint density at radius 1 is 1.25 bits per heavy atom. The number of hydrogen-bond acceptors (Lipinski definition) is 5. The van der Waals surface area contributed by atoms with E-state index in [-0.39, 0.29) is 5.69 Å². The first-order valence-electron chi connectivity index (χ1n) is 8.83. The molecule has 2 fully saturated rings. The van der Waals surface area contributed by atoms with Gasteiger partial charge < -0.3 is 10.2 Å².